The Hall–Kier alpha value is -1.06. The zero-order chi connectivity index (χ0) is 13.0. The van der Waals surface area contributed by atoms with Gasteiger partial charge in [-0.2, -0.15) is 0 Å². The molecule has 1 aromatic carbocycles. The first kappa shape index (κ1) is 13.4. The molecule has 2 rings (SSSR count). The predicted molar refractivity (Wildman–Crippen MR) is 75.4 cm³/mol. The van der Waals surface area contributed by atoms with Crippen LogP contribution in [0.4, 0.5) is 0 Å². The van der Waals surface area contributed by atoms with Gasteiger partial charge in [-0.15, -0.1) is 0 Å². The Balaban J connectivity index is 1.90. The number of hydrogen-bond donors (Lipinski definition) is 2. The van der Waals surface area contributed by atoms with Gasteiger partial charge in [0.2, 0.25) is 0 Å². The maximum absolute atomic E-state index is 5.34. The molecule has 1 aromatic rings. The van der Waals surface area contributed by atoms with Crippen molar-refractivity contribution in [2.24, 2.45) is 0 Å². The molecule has 1 atom stereocenters. The van der Waals surface area contributed by atoms with Crippen molar-refractivity contribution in [2.75, 3.05) is 26.7 Å². The third-order valence-corrected chi connectivity index (χ3v) is 3.96. The Morgan fingerprint density at radius 2 is 2.17 bits per heavy atom. The summed E-state index contributed by atoms with van der Waals surface area (Å²) in [4.78, 5) is 0. The molecule has 0 aliphatic carbocycles. The molecule has 3 nitrogen and oxygen atoms in total. The van der Waals surface area contributed by atoms with Crippen LogP contribution < -0.4 is 15.4 Å². The molecule has 0 spiro atoms. The second-order valence-electron chi connectivity index (χ2n) is 5.07. The molecule has 2 N–H and O–H groups in total. The van der Waals surface area contributed by atoms with Crippen LogP contribution in [0.2, 0.25) is 0 Å². The molecular weight excluding hydrogens is 224 g/mol. The molecule has 0 amide bonds. The first-order valence-electron chi connectivity index (χ1n) is 6.79. The lowest BCUT2D eigenvalue weighted by atomic mass is 10.00. The van der Waals surface area contributed by atoms with Gasteiger partial charge in [0, 0.05) is 12.6 Å². The van der Waals surface area contributed by atoms with E-state index in [1.54, 1.807) is 7.11 Å². The van der Waals surface area contributed by atoms with Crippen molar-refractivity contribution in [3.8, 4) is 5.75 Å². The fourth-order valence-electron chi connectivity index (χ4n) is 2.58. The average molecular weight is 248 g/mol. The van der Waals surface area contributed by atoms with Crippen molar-refractivity contribution in [2.45, 2.75) is 32.7 Å². The number of methoxy groups -OCH3 is 1. The van der Waals surface area contributed by atoms with Crippen LogP contribution >= 0.6 is 0 Å². The van der Waals surface area contributed by atoms with E-state index in [4.69, 9.17) is 4.74 Å². The molecule has 0 saturated carbocycles. The Bertz CT molecular complexity index is 398. The Morgan fingerprint density at radius 1 is 1.33 bits per heavy atom. The summed E-state index contributed by atoms with van der Waals surface area (Å²) in [5.74, 6) is 0.990. The summed E-state index contributed by atoms with van der Waals surface area (Å²) in [6.45, 7) is 7.63. The minimum Gasteiger partial charge on any atom is -0.496 e. The highest BCUT2D eigenvalue weighted by Gasteiger charge is 2.13. The summed E-state index contributed by atoms with van der Waals surface area (Å²) in [7, 11) is 1.73. The topological polar surface area (TPSA) is 33.3 Å². The van der Waals surface area contributed by atoms with Crippen LogP contribution in [0.15, 0.2) is 12.1 Å². The van der Waals surface area contributed by atoms with Crippen LogP contribution in [0.3, 0.4) is 0 Å². The minimum absolute atomic E-state index is 0.657. The van der Waals surface area contributed by atoms with Crippen molar-refractivity contribution in [1.29, 1.82) is 0 Å². The Labute approximate surface area is 110 Å². The quantitative estimate of drug-likeness (QED) is 0.834. The lowest BCUT2D eigenvalue weighted by Gasteiger charge is -2.14. The van der Waals surface area contributed by atoms with E-state index >= 15 is 0 Å². The number of nitrogens with one attached hydrogen (secondary N) is 2. The summed E-state index contributed by atoms with van der Waals surface area (Å²) in [6.07, 6.45) is 2.34. The van der Waals surface area contributed by atoms with Crippen LogP contribution in [0.25, 0.3) is 0 Å². The van der Waals surface area contributed by atoms with Gasteiger partial charge >= 0.3 is 0 Å². The number of rotatable bonds is 5. The minimum atomic E-state index is 0.657. The molecule has 1 heterocycles. The lowest BCUT2D eigenvalue weighted by molar-refractivity contribution is 0.411. The highest BCUT2D eigenvalue weighted by molar-refractivity contribution is 5.43. The molecule has 0 aromatic heterocycles. The molecule has 1 unspecified atom stereocenters. The Kier molecular flexibility index (Phi) is 4.61. The van der Waals surface area contributed by atoms with E-state index in [1.807, 2.05) is 0 Å². The molecule has 0 bridgehead atoms. The van der Waals surface area contributed by atoms with Gasteiger partial charge in [-0.25, -0.2) is 0 Å². The van der Waals surface area contributed by atoms with Crippen molar-refractivity contribution >= 4 is 0 Å². The van der Waals surface area contributed by atoms with Gasteiger partial charge in [-0.3, -0.25) is 0 Å². The Morgan fingerprint density at radius 3 is 2.83 bits per heavy atom. The van der Waals surface area contributed by atoms with Crippen LogP contribution in [0.1, 0.15) is 23.1 Å². The normalized spacial score (nSPS) is 19.2. The monoisotopic (exact) mass is 248 g/mol. The summed E-state index contributed by atoms with van der Waals surface area (Å²) in [5, 5.41) is 6.99. The first-order valence-corrected chi connectivity index (χ1v) is 6.79. The number of benzene rings is 1. The van der Waals surface area contributed by atoms with E-state index in [0.29, 0.717) is 6.04 Å². The number of hydrogen-bond acceptors (Lipinski definition) is 3. The third-order valence-electron chi connectivity index (χ3n) is 3.96. The largest absolute Gasteiger partial charge is 0.496 e. The van der Waals surface area contributed by atoms with Crippen molar-refractivity contribution in [3.05, 3.63) is 28.8 Å². The summed E-state index contributed by atoms with van der Waals surface area (Å²) in [6, 6.07) is 4.93. The highest BCUT2D eigenvalue weighted by Crippen LogP contribution is 2.24. The average Bonchev–Trinajstić information content (AvgIpc) is 2.88. The number of ether oxygens (including phenoxy) is 1. The summed E-state index contributed by atoms with van der Waals surface area (Å²) in [5.41, 5.74) is 4.05. The van der Waals surface area contributed by atoms with Crippen LogP contribution in [0.5, 0.6) is 5.75 Å². The standard InChI is InChI=1S/C15H24N2O/c1-11-12(2)15(18-3)5-4-13(11)6-9-17-14-7-8-16-10-14/h4-5,14,16-17H,6-10H2,1-3H3. The maximum Gasteiger partial charge on any atom is 0.122 e. The molecule has 1 saturated heterocycles. The van der Waals surface area contributed by atoms with Gasteiger partial charge in [-0.1, -0.05) is 6.07 Å². The second kappa shape index (κ2) is 6.21. The van der Waals surface area contributed by atoms with Gasteiger partial charge in [0.25, 0.3) is 0 Å². The zero-order valence-electron chi connectivity index (χ0n) is 11.7. The van der Waals surface area contributed by atoms with E-state index in [2.05, 4.69) is 36.6 Å². The molecular formula is C15H24N2O. The van der Waals surface area contributed by atoms with Crippen molar-refractivity contribution in [3.63, 3.8) is 0 Å². The second-order valence-corrected chi connectivity index (χ2v) is 5.07. The SMILES string of the molecule is COc1ccc(CCNC2CCNC2)c(C)c1C. The van der Waals surface area contributed by atoms with Gasteiger partial charge in [0.1, 0.15) is 5.75 Å². The molecule has 1 aliphatic heterocycles. The molecule has 0 radical (unpaired) electrons. The molecule has 3 heteroatoms. The van der Waals surface area contributed by atoms with Crippen LogP contribution in [-0.2, 0) is 6.42 Å². The highest BCUT2D eigenvalue weighted by atomic mass is 16.5. The fraction of sp³-hybridized carbons (Fsp3) is 0.600. The van der Waals surface area contributed by atoms with E-state index < -0.39 is 0 Å². The van der Waals surface area contributed by atoms with Gasteiger partial charge < -0.3 is 15.4 Å². The zero-order valence-corrected chi connectivity index (χ0v) is 11.7. The van der Waals surface area contributed by atoms with Crippen molar-refractivity contribution in [1.82, 2.24) is 10.6 Å². The summed E-state index contributed by atoms with van der Waals surface area (Å²) >= 11 is 0. The van der Waals surface area contributed by atoms with Gasteiger partial charge in [0.15, 0.2) is 0 Å². The lowest BCUT2D eigenvalue weighted by Crippen LogP contribution is -2.32. The molecule has 18 heavy (non-hydrogen) atoms. The third kappa shape index (κ3) is 3.03. The fourth-order valence-corrected chi connectivity index (χ4v) is 2.58. The van der Waals surface area contributed by atoms with E-state index in [1.165, 1.54) is 23.1 Å². The van der Waals surface area contributed by atoms with E-state index in [0.717, 1.165) is 31.8 Å². The van der Waals surface area contributed by atoms with Crippen LogP contribution in [-0.4, -0.2) is 32.8 Å². The molecule has 1 aliphatic rings. The van der Waals surface area contributed by atoms with Gasteiger partial charge in [0.05, 0.1) is 7.11 Å². The molecule has 100 valence electrons. The first-order chi connectivity index (χ1) is 8.72. The predicted octanol–water partition coefficient (Wildman–Crippen LogP) is 1.81. The van der Waals surface area contributed by atoms with E-state index in [-0.39, 0.29) is 0 Å². The van der Waals surface area contributed by atoms with Gasteiger partial charge in [-0.05, 0) is 62.5 Å². The summed E-state index contributed by atoms with van der Waals surface area (Å²) < 4.78 is 5.34. The maximum atomic E-state index is 5.34. The molecule has 1 fully saturated rings. The smallest absolute Gasteiger partial charge is 0.122 e. The van der Waals surface area contributed by atoms with E-state index in [9.17, 15) is 0 Å². The van der Waals surface area contributed by atoms with Crippen LogP contribution in [0, 0.1) is 13.8 Å². The van der Waals surface area contributed by atoms with Crippen molar-refractivity contribution < 1.29 is 4.74 Å².